The Morgan fingerprint density at radius 3 is 1.21 bits per heavy atom. The van der Waals surface area contributed by atoms with Crippen LogP contribution in [0.5, 0.6) is 17.2 Å². The van der Waals surface area contributed by atoms with Gasteiger partial charge < -0.3 is 28.4 Å². The fourth-order valence-electron chi connectivity index (χ4n) is 6.13. The van der Waals surface area contributed by atoms with Crippen molar-refractivity contribution >= 4 is 0 Å². The molecule has 6 nitrogen and oxygen atoms in total. The zero-order valence-electron chi connectivity index (χ0n) is 26.8. The maximum Gasteiger partial charge on any atom is 0.122 e. The second kappa shape index (κ2) is 12.5. The molecule has 0 radical (unpaired) electrons. The zero-order valence-corrected chi connectivity index (χ0v) is 26.8. The summed E-state index contributed by atoms with van der Waals surface area (Å²) in [6.07, 6.45) is 1.69. The summed E-state index contributed by atoms with van der Waals surface area (Å²) in [6, 6.07) is 13.6. The fourth-order valence-corrected chi connectivity index (χ4v) is 6.13. The third kappa shape index (κ3) is 7.36. The second-order valence-corrected chi connectivity index (χ2v) is 12.9. The SMILES string of the molecule is Cc1cc(C(C)CC(c2cc(C)c(OCC3CO3)cc2C)c2cc(C)c(OCC3CO3)cc2C)c(C)cc1OCC1CO1. The first kappa shape index (κ1) is 30.0. The van der Waals surface area contributed by atoms with E-state index in [0.29, 0.717) is 25.7 Å². The molecule has 0 saturated carbocycles. The predicted octanol–water partition coefficient (Wildman–Crippen LogP) is 7.20. The normalized spacial score (nSPS) is 21.7. The van der Waals surface area contributed by atoms with Gasteiger partial charge in [-0.25, -0.2) is 0 Å². The summed E-state index contributed by atoms with van der Waals surface area (Å²) in [5, 5.41) is 0. The number of benzene rings is 3. The van der Waals surface area contributed by atoms with Crippen LogP contribution in [0, 0.1) is 41.5 Å². The first-order valence-electron chi connectivity index (χ1n) is 15.7. The zero-order chi connectivity index (χ0) is 30.2. The highest BCUT2D eigenvalue weighted by atomic mass is 16.6. The summed E-state index contributed by atoms with van der Waals surface area (Å²) in [7, 11) is 0. The lowest BCUT2D eigenvalue weighted by Crippen LogP contribution is -2.13. The van der Waals surface area contributed by atoms with Crippen LogP contribution in [0.1, 0.15) is 75.3 Å². The van der Waals surface area contributed by atoms with Crippen LogP contribution in [0.2, 0.25) is 0 Å². The Hall–Kier alpha value is -3.06. The first-order chi connectivity index (χ1) is 20.7. The molecule has 3 fully saturated rings. The van der Waals surface area contributed by atoms with E-state index in [0.717, 1.165) is 54.6 Å². The Morgan fingerprint density at radius 2 is 0.860 bits per heavy atom. The fraction of sp³-hybridized carbons (Fsp3) is 0.514. The molecule has 230 valence electrons. The molecule has 3 aromatic carbocycles. The third-order valence-electron chi connectivity index (χ3n) is 9.04. The Balaban J connectivity index is 1.31. The number of ether oxygens (including phenoxy) is 6. The van der Waals surface area contributed by atoms with E-state index in [1.165, 1.54) is 38.9 Å². The van der Waals surface area contributed by atoms with Gasteiger partial charge in [-0.3, -0.25) is 0 Å². The Bertz CT molecular complexity index is 1400. The lowest BCUT2D eigenvalue weighted by molar-refractivity contribution is 0.261. The van der Waals surface area contributed by atoms with E-state index in [1.807, 2.05) is 0 Å². The highest BCUT2D eigenvalue weighted by Gasteiger charge is 2.28. The summed E-state index contributed by atoms with van der Waals surface area (Å²) < 4.78 is 34.5. The number of epoxide rings is 3. The van der Waals surface area contributed by atoms with Gasteiger partial charge in [-0.1, -0.05) is 25.1 Å². The minimum Gasteiger partial charge on any atom is -0.491 e. The van der Waals surface area contributed by atoms with Gasteiger partial charge in [0.05, 0.1) is 19.8 Å². The van der Waals surface area contributed by atoms with Gasteiger partial charge in [0, 0.05) is 5.92 Å². The molecule has 3 aliphatic heterocycles. The summed E-state index contributed by atoms with van der Waals surface area (Å²) in [4.78, 5) is 0. The summed E-state index contributed by atoms with van der Waals surface area (Å²) in [5.41, 5.74) is 11.3. The van der Waals surface area contributed by atoms with Gasteiger partial charge in [-0.05, 0) is 122 Å². The van der Waals surface area contributed by atoms with Crippen molar-refractivity contribution in [2.75, 3.05) is 39.6 Å². The Morgan fingerprint density at radius 1 is 0.535 bits per heavy atom. The second-order valence-electron chi connectivity index (χ2n) is 12.9. The number of aryl methyl sites for hydroxylation is 6. The molecule has 3 aliphatic rings. The molecule has 0 N–H and O–H groups in total. The van der Waals surface area contributed by atoms with Crippen molar-refractivity contribution in [1.82, 2.24) is 0 Å². The molecule has 3 aromatic rings. The van der Waals surface area contributed by atoms with E-state index in [2.05, 4.69) is 84.9 Å². The van der Waals surface area contributed by atoms with Crippen molar-refractivity contribution < 1.29 is 28.4 Å². The van der Waals surface area contributed by atoms with Crippen molar-refractivity contribution in [1.29, 1.82) is 0 Å². The van der Waals surface area contributed by atoms with Crippen molar-refractivity contribution in [2.24, 2.45) is 0 Å². The molecule has 6 heteroatoms. The molecule has 3 heterocycles. The van der Waals surface area contributed by atoms with Crippen molar-refractivity contribution in [3.8, 4) is 17.2 Å². The van der Waals surface area contributed by atoms with Crippen LogP contribution in [-0.2, 0) is 14.2 Å². The van der Waals surface area contributed by atoms with Crippen molar-refractivity contribution in [3.63, 3.8) is 0 Å². The van der Waals surface area contributed by atoms with Gasteiger partial charge in [-0.2, -0.15) is 0 Å². The first-order valence-corrected chi connectivity index (χ1v) is 15.7. The smallest absolute Gasteiger partial charge is 0.122 e. The lowest BCUT2D eigenvalue weighted by atomic mass is 9.77. The number of hydrogen-bond acceptors (Lipinski definition) is 6. The molecule has 0 amide bonds. The van der Waals surface area contributed by atoms with Gasteiger partial charge >= 0.3 is 0 Å². The minimum absolute atomic E-state index is 0.205. The van der Waals surface area contributed by atoms with Crippen molar-refractivity contribution in [3.05, 3.63) is 86.5 Å². The lowest BCUT2D eigenvalue weighted by Gasteiger charge is -2.28. The average Bonchev–Trinajstić information content (AvgIpc) is 3.82. The van der Waals surface area contributed by atoms with E-state index in [-0.39, 0.29) is 24.2 Å². The van der Waals surface area contributed by atoms with Gasteiger partial charge in [-0.15, -0.1) is 0 Å². The monoisotopic (exact) mass is 586 g/mol. The van der Waals surface area contributed by atoms with Gasteiger partial charge in [0.2, 0.25) is 0 Å². The van der Waals surface area contributed by atoms with E-state index < -0.39 is 0 Å². The molecular weight excluding hydrogens is 540 g/mol. The molecular formula is C37H46O6. The molecule has 43 heavy (non-hydrogen) atoms. The van der Waals surface area contributed by atoms with Crippen LogP contribution >= 0.6 is 0 Å². The summed E-state index contributed by atoms with van der Waals surface area (Å²) >= 11 is 0. The molecule has 4 unspecified atom stereocenters. The highest BCUT2D eigenvalue weighted by Crippen LogP contribution is 2.42. The van der Waals surface area contributed by atoms with Crippen LogP contribution in [0.15, 0.2) is 36.4 Å². The minimum atomic E-state index is 0.205. The molecule has 0 spiro atoms. The highest BCUT2D eigenvalue weighted by molar-refractivity contribution is 5.51. The van der Waals surface area contributed by atoms with Crippen molar-refractivity contribution in [2.45, 2.75) is 85.0 Å². The van der Waals surface area contributed by atoms with Gasteiger partial charge in [0.15, 0.2) is 0 Å². The van der Waals surface area contributed by atoms with Gasteiger partial charge in [0.25, 0.3) is 0 Å². The summed E-state index contributed by atoms with van der Waals surface area (Å²) in [5.74, 6) is 3.38. The predicted molar refractivity (Wildman–Crippen MR) is 168 cm³/mol. The van der Waals surface area contributed by atoms with Crippen LogP contribution in [0.3, 0.4) is 0 Å². The van der Waals surface area contributed by atoms with E-state index >= 15 is 0 Å². The third-order valence-corrected chi connectivity index (χ3v) is 9.04. The van der Waals surface area contributed by atoms with Crippen LogP contribution in [0.25, 0.3) is 0 Å². The molecule has 0 aliphatic carbocycles. The quantitative estimate of drug-likeness (QED) is 0.186. The number of hydrogen-bond donors (Lipinski definition) is 0. The average molecular weight is 587 g/mol. The maximum atomic E-state index is 6.15. The van der Waals surface area contributed by atoms with E-state index in [9.17, 15) is 0 Å². The Labute approximate surface area is 256 Å². The maximum absolute atomic E-state index is 6.15. The largest absolute Gasteiger partial charge is 0.491 e. The Kier molecular flexibility index (Phi) is 8.72. The molecule has 4 atom stereocenters. The molecule has 6 rings (SSSR count). The van der Waals surface area contributed by atoms with E-state index in [1.54, 1.807) is 0 Å². The number of rotatable bonds is 14. The molecule has 0 bridgehead atoms. The van der Waals surface area contributed by atoms with Crippen LogP contribution in [0.4, 0.5) is 0 Å². The van der Waals surface area contributed by atoms with Crippen LogP contribution < -0.4 is 14.2 Å². The van der Waals surface area contributed by atoms with Gasteiger partial charge in [0.1, 0.15) is 55.4 Å². The topological polar surface area (TPSA) is 65.3 Å². The summed E-state index contributed by atoms with van der Waals surface area (Å²) in [6.45, 7) is 19.7. The molecule has 3 saturated heterocycles. The van der Waals surface area contributed by atoms with Crippen LogP contribution in [-0.4, -0.2) is 58.0 Å². The molecule has 0 aromatic heterocycles. The standard InChI is InChI=1S/C37H46O6/c1-21(31-9-25(5)35(12-22(31)2)41-18-28-15-38-28)8-34(32-10-26(6)36(13-23(32)3)42-19-29-16-39-29)33-11-27(7)37(14-24(33)4)43-20-30-17-40-30/h9-14,21,28-30,34H,8,15-20H2,1-7H3. The van der Waals surface area contributed by atoms with E-state index in [4.69, 9.17) is 28.4 Å².